The van der Waals surface area contributed by atoms with Crippen molar-refractivity contribution in [3.8, 4) is 16.9 Å². The molecule has 0 bridgehead atoms. The minimum Gasteiger partial charge on any atom is -0.490 e. The quantitative estimate of drug-likeness (QED) is 0.786. The first kappa shape index (κ1) is 16.6. The fourth-order valence-electron chi connectivity index (χ4n) is 3.44. The number of ether oxygens (including phenoxy) is 1. The van der Waals surface area contributed by atoms with E-state index in [4.69, 9.17) is 4.74 Å². The number of pyridine rings is 1. The third-order valence-corrected chi connectivity index (χ3v) is 5.21. The summed E-state index contributed by atoms with van der Waals surface area (Å²) in [4.78, 5) is 16.0. The largest absolute Gasteiger partial charge is 0.490 e. The zero-order chi connectivity index (χ0) is 18.3. The smallest absolute Gasteiger partial charge is 0.220 e. The number of nitrogens with one attached hydrogen (secondary N) is 1. The molecule has 134 valence electrons. The van der Waals surface area contributed by atoms with Crippen molar-refractivity contribution in [3.05, 3.63) is 42.4 Å². The molecule has 6 nitrogen and oxygen atoms in total. The highest BCUT2D eigenvalue weighted by Gasteiger charge is 2.28. The molecule has 0 aliphatic carbocycles. The zero-order valence-electron chi connectivity index (χ0n) is 15.2. The van der Waals surface area contributed by atoms with Gasteiger partial charge in [0, 0.05) is 48.8 Å². The van der Waals surface area contributed by atoms with Gasteiger partial charge in [0.1, 0.15) is 11.9 Å². The Kier molecular flexibility index (Phi) is 4.11. The Hall–Kier alpha value is -2.89. The predicted octanol–water partition coefficient (Wildman–Crippen LogP) is 2.85. The predicted molar refractivity (Wildman–Crippen MR) is 99.9 cm³/mol. The lowest BCUT2D eigenvalue weighted by Crippen LogP contribution is -2.25. The summed E-state index contributed by atoms with van der Waals surface area (Å²) in [6, 6.07) is 8.05. The van der Waals surface area contributed by atoms with Crippen LogP contribution in [0.3, 0.4) is 0 Å². The summed E-state index contributed by atoms with van der Waals surface area (Å²) in [5.74, 6) is 1.07. The van der Waals surface area contributed by atoms with Crippen molar-refractivity contribution in [3.63, 3.8) is 0 Å². The highest BCUT2D eigenvalue weighted by atomic mass is 16.5. The minimum atomic E-state index is -0.0670. The van der Waals surface area contributed by atoms with Crippen LogP contribution < -0.4 is 10.1 Å². The zero-order valence-corrected chi connectivity index (χ0v) is 15.2. The lowest BCUT2D eigenvalue weighted by Gasteiger charge is -2.21. The van der Waals surface area contributed by atoms with Crippen molar-refractivity contribution >= 4 is 16.8 Å². The van der Waals surface area contributed by atoms with Gasteiger partial charge in [0.15, 0.2) is 0 Å². The molecule has 2 aromatic heterocycles. The van der Waals surface area contributed by atoms with Gasteiger partial charge in [-0.2, -0.15) is 5.10 Å². The fourth-order valence-corrected chi connectivity index (χ4v) is 3.44. The molecule has 1 saturated heterocycles. The molecule has 1 aliphatic heterocycles. The van der Waals surface area contributed by atoms with E-state index in [9.17, 15) is 4.79 Å². The second kappa shape index (κ2) is 6.44. The number of rotatable bonds is 4. The number of hydrogen-bond acceptors (Lipinski definition) is 4. The molecule has 0 saturated carbocycles. The molecule has 1 fully saturated rings. The summed E-state index contributed by atoms with van der Waals surface area (Å²) < 4.78 is 8.17. The van der Waals surface area contributed by atoms with E-state index in [1.807, 2.05) is 43.9 Å². The number of carbonyl (C=O) groups excluding carboxylic acids is 1. The van der Waals surface area contributed by atoms with E-state index < -0.39 is 0 Å². The summed E-state index contributed by atoms with van der Waals surface area (Å²) in [6.45, 7) is 4.73. The standard InChI is InChI=1S/C20H22N4O2/c1-12-17(11-23-24(12)3)14-7-18-16(5-4-6-21-18)19(8-14)26-13(2)15-9-20(25)22-10-15/h4-8,11,13,15H,9-10H2,1-3H3,(H,22,25)/t13-,15?/m1/s1. The average Bonchev–Trinajstić information content (AvgIpc) is 3.21. The van der Waals surface area contributed by atoms with E-state index in [0.717, 1.165) is 33.5 Å². The van der Waals surface area contributed by atoms with Crippen LogP contribution in [0, 0.1) is 12.8 Å². The van der Waals surface area contributed by atoms with E-state index in [1.54, 1.807) is 6.20 Å². The molecule has 0 radical (unpaired) electrons. The minimum absolute atomic E-state index is 0.0670. The van der Waals surface area contributed by atoms with E-state index in [-0.39, 0.29) is 17.9 Å². The van der Waals surface area contributed by atoms with Gasteiger partial charge in [-0.15, -0.1) is 0 Å². The van der Waals surface area contributed by atoms with Gasteiger partial charge >= 0.3 is 0 Å². The SMILES string of the molecule is Cc1c(-c2cc(O[C@H](C)C3CNC(=O)C3)c3cccnc3c2)cnn1C. The van der Waals surface area contributed by atoms with Gasteiger partial charge in [0.25, 0.3) is 0 Å². The van der Waals surface area contributed by atoms with Crippen LogP contribution in [0.15, 0.2) is 36.7 Å². The molecular formula is C20H22N4O2. The Morgan fingerprint density at radius 3 is 2.92 bits per heavy atom. The maximum absolute atomic E-state index is 11.5. The van der Waals surface area contributed by atoms with Crippen molar-refractivity contribution in [2.75, 3.05) is 6.54 Å². The molecular weight excluding hydrogens is 328 g/mol. The second-order valence-electron chi connectivity index (χ2n) is 6.90. The van der Waals surface area contributed by atoms with Gasteiger partial charge in [0.05, 0.1) is 11.7 Å². The molecule has 3 aromatic rings. The van der Waals surface area contributed by atoms with Crippen LogP contribution in [0.1, 0.15) is 19.0 Å². The number of carbonyl (C=O) groups is 1. The Bertz CT molecular complexity index is 979. The van der Waals surface area contributed by atoms with Gasteiger partial charge in [-0.1, -0.05) is 0 Å². The van der Waals surface area contributed by atoms with E-state index in [0.29, 0.717) is 13.0 Å². The highest BCUT2D eigenvalue weighted by Crippen LogP contribution is 2.34. The Labute approximate surface area is 152 Å². The lowest BCUT2D eigenvalue weighted by molar-refractivity contribution is -0.119. The third-order valence-electron chi connectivity index (χ3n) is 5.21. The monoisotopic (exact) mass is 350 g/mol. The van der Waals surface area contributed by atoms with Crippen LogP contribution in [-0.2, 0) is 11.8 Å². The molecule has 0 spiro atoms. The molecule has 3 heterocycles. The van der Waals surface area contributed by atoms with Gasteiger partial charge in [-0.05, 0) is 43.7 Å². The number of benzene rings is 1. The van der Waals surface area contributed by atoms with E-state index in [1.165, 1.54) is 0 Å². The van der Waals surface area contributed by atoms with Crippen LogP contribution in [0.4, 0.5) is 0 Å². The molecule has 6 heteroatoms. The van der Waals surface area contributed by atoms with Crippen molar-refractivity contribution in [1.82, 2.24) is 20.1 Å². The van der Waals surface area contributed by atoms with Gasteiger partial charge in [0.2, 0.25) is 5.91 Å². The number of nitrogens with zero attached hydrogens (tertiary/aromatic N) is 3. The normalized spacial score (nSPS) is 18.1. The molecule has 1 N–H and O–H groups in total. The van der Waals surface area contributed by atoms with E-state index >= 15 is 0 Å². The summed E-state index contributed by atoms with van der Waals surface area (Å²) in [5, 5.41) is 8.20. The molecule has 1 aromatic carbocycles. The van der Waals surface area contributed by atoms with Gasteiger partial charge in [-0.3, -0.25) is 14.5 Å². The Morgan fingerprint density at radius 2 is 2.23 bits per heavy atom. The Balaban J connectivity index is 1.75. The first-order chi connectivity index (χ1) is 12.5. The topological polar surface area (TPSA) is 69.0 Å². The van der Waals surface area contributed by atoms with Crippen LogP contribution in [-0.4, -0.2) is 33.3 Å². The first-order valence-corrected chi connectivity index (χ1v) is 8.84. The van der Waals surface area contributed by atoms with Crippen molar-refractivity contribution in [2.24, 2.45) is 13.0 Å². The molecule has 1 amide bonds. The van der Waals surface area contributed by atoms with Crippen molar-refractivity contribution < 1.29 is 9.53 Å². The maximum atomic E-state index is 11.5. The lowest BCUT2D eigenvalue weighted by atomic mass is 10.0. The Morgan fingerprint density at radius 1 is 1.38 bits per heavy atom. The first-order valence-electron chi connectivity index (χ1n) is 8.84. The number of fused-ring (bicyclic) bond motifs is 1. The van der Waals surface area contributed by atoms with Crippen LogP contribution >= 0.6 is 0 Å². The van der Waals surface area contributed by atoms with Gasteiger partial charge in [-0.25, -0.2) is 0 Å². The second-order valence-corrected chi connectivity index (χ2v) is 6.90. The number of aromatic nitrogens is 3. The highest BCUT2D eigenvalue weighted by molar-refractivity contribution is 5.90. The number of hydrogen-bond donors (Lipinski definition) is 1. The average molecular weight is 350 g/mol. The molecule has 26 heavy (non-hydrogen) atoms. The fraction of sp³-hybridized carbons (Fsp3) is 0.350. The summed E-state index contributed by atoms with van der Waals surface area (Å²) >= 11 is 0. The van der Waals surface area contributed by atoms with Crippen molar-refractivity contribution in [2.45, 2.75) is 26.4 Å². The number of amides is 1. The van der Waals surface area contributed by atoms with Gasteiger partial charge < -0.3 is 10.1 Å². The summed E-state index contributed by atoms with van der Waals surface area (Å²) in [5.41, 5.74) is 4.07. The van der Waals surface area contributed by atoms with Crippen LogP contribution in [0.2, 0.25) is 0 Å². The third kappa shape index (κ3) is 2.92. The molecule has 4 rings (SSSR count). The molecule has 1 unspecified atom stereocenters. The van der Waals surface area contributed by atoms with Crippen LogP contribution in [0.5, 0.6) is 5.75 Å². The van der Waals surface area contributed by atoms with E-state index in [2.05, 4.69) is 27.5 Å². The number of aryl methyl sites for hydroxylation is 1. The maximum Gasteiger partial charge on any atom is 0.220 e. The molecule has 2 atom stereocenters. The molecule has 1 aliphatic rings. The summed E-state index contributed by atoms with van der Waals surface area (Å²) in [7, 11) is 1.93. The van der Waals surface area contributed by atoms with Crippen LogP contribution in [0.25, 0.3) is 22.0 Å². The van der Waals surface area contributed by atoms with Crippen molar-refractivity contribution in [1.29, 1.82) is 0 Å². The summed E-state index contributed by atoms with van der Waals surface area (Å²) in [6.07, 6.45) is 4.10.